The summed E-state index contributed by atoms with van der Waals surface area (Å²) >= 11 is 0. The maximum Gasteiger partial charge on any atom is 0.341 e. The van der Waals surface area contributed by atoms with Crippen molar-refractivity contribution in [2.75, 3.05) is 6.61 Å². The second kappa shape index (κ2) is 5.20. The molecule has 2 aliphatic rings. The zero-order valence-corrected chi connectivity index (χ0v) is 12.0. The topological polar surface area (TPSA) is 38.8 Å². The fourth-order valence-electron chi connectivity index (χ4n) is 3.65. The highest BCUT2D eigenvalue weighted by atomic mass is 16.7. The Kier molecular flexibility index (Phi) is 4.00. The fraction of sp³-hybridized carbons (Fsp3) is 0.933. The monoisotopic (exact) mass is 254 g/mol. The molecule has 0 amide bonds. The van der Waals surface area contributed by atoms with Crippen LogP contribution in [0.3, 0.4) is 0 Å². The smallest absolute Gasteiger partial charge is 0.341 e. The third-order valence-electron chi connectivity index (χ3n) is 4.74. The van der Waals surface area contributed by atoms with Crippen molar-refractivity contribution in [3.63, 3.8) is 0 Å². The van der Waals surface area contributed by atoms with Gasteiger partial charge in [-0.3, -0.25) is 0 Å². The molecule has 0 N–H and O–H groups in total. The Bertz CT molecular complexity index is 309. The van der Waals surface area contributed by atoms with Crippen LogP contribution < -0.4 is 0 Å². The number of hydrogen-bond donors (Lipinski definition) is 0. The summed E-state index contributed by atoms with van der Waals surface area (Å²) in [5.41, 5.74) is -0.907. The van der Waals surface area contributed by atoms with Crippen molar-refractivity contribution < 1.29 is 14.3 Å². The molecule has 0 bridgehead atoms. The van der Waals surface area contributed by atoms with Gasteiger partial charge in [0, 0.05) is 0 Å². The molecule has 0 aromatic heterocycles. The molecule has 2 unspecified atom stereocenters. The van der Waals surface area contributed by atoms with Gasteiger partial charge < -0.3 is 9.47 Å². The predicted molar refractivity (Wildman–Crippen MR) is 70.3 cm³/mol. The second-order valence-electron chi connectivity index (χ2n) is 5.84. The molecule has 104 valence electrons. The lowest BCUT2D eigenvalue weighted by Gasteiger charge is -2.27. The molecule has 3 nitrogen and oxygen atoms in total. The first-order valence-corrected chi connectivity index (χ1v) is 7.48. The summed E-state index contributed by atoms with van der Waals surface area (Å²) in [7, 11) is 0. The molecule has 0 aromatic rings. The first kappa shape index (κ1) is 13.9. The molecular weight excluding hydrogens is 228 g/mol. The van der Waals surface area contributed by atoms with E-state index in [4.69, 9.17) is 9.47 Å². The Morgan fingerprint density at radius 1 is 1.28 bits per heavy atom. The van der Waals surface area contributed by atoms with Gasteiger partial charge in [0.1, 0.15) is 5.60 Å². The summed E-state index contributed by atoms with van der Waals surface area (Å²) in [6, 6.07) is 0. The first-order valence-electron chi connectivity index (χ1n) is 7.48. The summed E-state index contributed by atoms with van der Waals surface area (Å²) in [5, 5.41) is 0. The van der Waals surface area contributed by atoms with Gasteiger partial charge >= 0.3 is 5.97 Å². The average Bonchev–Trinajstić information content (AvgIpc) is 2.99. The van der Waals surface area contributed by atoms with Crippen LogP contribution in [0, 0.1) is 5.92 Å². The van der Waals surface area contributed by atoms with Crippen molar-refractivity contribution in [2.45, 2.75) is 76.9 Å². The standard InChI is InChI=1S/C15H26O3/c1-4-11-15(13(16)17-5-2)14(3,18-15)12-9-7-6-8-10-12/h12H,4-11H2,1-3H3. The van der Waals surface area contributed by atoms with Crippen LogP contribution in [0.25, 0.3) is 0 Å². The Hall–Kier alpha value is -0.570. The van der Waals surface area contributed by atoms with Gasteiger partial charge in [0.2, 0.25) is 0 Å². The third-order valence-corrected chi connectivity index (χ3v) is 4.74. The number of carbonyl (C=O) groups is 1. The zero-order valence-electron chi connectivity index (χ0n) is 12.0. The summed E-state index contributed by atoms with van der Waals surface area (Å²) in [5.74, 6) is 0.391. The Labute approximate surface area is 110 Å². The van der Waals surface area contributed by atoms with Crippen molar-refractivity contribution in [3.05, 3.63) is 0 Å². The number of rotatable bonds is 5. The zero-order chi connectivity index (χ0) is 13.2. The SMILES string of the molecule is CCCC1(C(=O)OCC)OC1(C)C1CCCCC1. The number of ether oxygens (including phenoxy) is 2. The lowest BCUT2D eigenvalue weighted by Crippen LogP contribution is -2.39. The van der Waals surface area contributed by atoms with Crippen LogP contribution in [0.1, 0.15) is 65.7 Å². The summed E-state index contributed by atoms with van der Waals surface area (Å²) in [4.78, 5) is 12.2. The van der Waals surface area contributed by atoms with E-state index in [1.165, 1.54) is 32.1 Å². The van der Waals surface area contributed by atoms with Gasteiger partial charge in [-0.1, -0.05) is 32.6 Å². The largest absolute Gasteiger partial charge is 0.464 e. The lowest BCUT2D eigenvalue weighted by atomic mass is 9.74. The molecule has 2 atom stereocenters. The number of epoxide rings is 1. The molecule has 3 heteroatoms. The third kappa shape index (κ3) is 2.07. The van der Waals surface area contributed by atoms with Gasteiger partial charge in [-0.15, -0.1) is 0 Å². The van der Waals surface area contributed by atoms with Gasteiger partial charge in [-0.25, -0.2) is 4.79 Å². The summed E-state index contributed by atoms with van der Waals surface area (Å²) in [6.45, 7) is 6.52. The number of hydrogen-bond acceptors (Lipinski definition) is 3. The molecule has 1 saturated carbocycles. The van der Waals surface area contributed by atoms with Crippen LogP contribution in [0.5, 0.6) is 0 Å². The molecule has 18 heavy (non-hydrogen) atoms. The van der Waals surface area contributed by atoms with Gasteiger partial charge in [-0.05, 0) is 39.0 Å². The second-order valence-corrected chi connectivity index (χ2v) is 5.84. The van der Waals surface area contributed by atoms with Crippen molar-refractivity contribution in [2.24, 2.45) is 5.92 Å². The predicted octanol–water partition coefficient (Wildman–Crippen LogP) is 3.46. The highest BCUT2D eigenvalue weighted by Crippen LogP contribution is 2.59. The van der Waals surface area contributed by atoms with E-state index in [0.29, 0.717) is 12.5 Å². The molecule has 1 saturated heterocycles. The van der Waals surface area contributed by atoms with Crippen molar-refractivity contribution in [1.82, 2.24) is 0 Å². The average molecular weight is 254 g/mol. The van der Waals surface area contributed by atoms with Crippen LogP contribution in [0.2, 0.25) is 0 Å². The number of carbonyl (C=O) groups excluding carboxylic acids is 1. The van der Waals surface area contributed by atoms with E-state index in [0.717, 1.165) is 12.8 Å². The summed E-state index contributed by atoms with van der Waals surface area (Å²) in [6.07, 6.45) is 8.01. The quantitative estimate of drug-likeness (QED) is 0.557. The van der Waals surface area contributed by atoms with Gasteiger partial charge in [-0.2, -0.15) is 0 Å². The minimum atomic E-state index is -0.639. The molecular formula is C15H26O3. The fourth-order valence-corrected chi connectivity index (χ4v) is 3.65. The summed E-state index contributed by atoms with van der Waals surface area (Å²) < 4.78 is 11.3. The van der Waals surface area contributed by atoms with Crippen LogP contribution in [0.15, 0.2) is 0 Å². The van der Waals surface area contributed by atoms with E-state index in [9.17, 15) is 4.79 Å². The van der Waals surface area contributed by atoms with E-state index in [2.05, 4.69) is 13.8 Å². The molecule has 0 aromatic carbocycles. The highest BCUT2D eigenvalue weighted by molar-refractivity contribution is 5.85. The first-order chi connectivity index (χ1) is 8.60. The maximum absolute atomic E-state index is 12.2. The molecule has 0 spiro atoms. The normalized spacial score (nSPS) is 36.4. The minimum absolute atomic E-state index is 0.139. The minimum Gasteiger partial charge on any atom is -0.464 e. The van der Waals surface area contributed by atoms with E-state index in [1.807, 2.05) is 6.92 Å². The molecule has 2 fully saturated rings. The Morgan fingerprint density at radius 2 is 1.94 bits per heavy atom. The van der Waals surface area contributed by atoms with Gasteiger partial charge in [0.05, 0.1) is 6.61 Å². The molecule has 1 aliphatic carbocycles. The van der Waals surface area contributed by atoms with Crippen LogP contribution in [-0.4, -0.2) is 23.8 Å². The van der Waals surface area contributed by atoms with Crippen LogP contribution in [0.4, 0.5) is 0 Å². The van der Waals surface area contributed by atoms with Crippen molar-refractivity contribution in [3.8, 4) is 0 Å². The lowest BCUT2D eigenvalue weighted by molar-refractivity contribution is -0.150. The highest BCUT2D eigenvalue weighted by Gasteiger charge is 2.74. The Balaban J connectivity index is 2.11. The molecule has 2 rings (SSSR count). The molecule has 0 radical (unpaired) electrons. The van der Waals surface area contributed by atoms with Gasteiger partial charge in [0.15, 0.2) is 5.60 Å². The van der Waals surface area contributed by atoms with Crippen molar-refractivity contribution >= 4 is 5.97 Å². The van der Waals surface area contributed by atoms with Crippen LogP contribution in [-0.2, 0) is 14.3 Å². The van der Waals surface area contributed by atoms with E-state index < -0.39 is 5.60 Å². The molecule has 1 heterocycles. The Morgan fingerprint density at radius 3 is 2.50 bits per heavy atom. The number of esters is 1. The van der Waals surface area contributed by atoms with Crippen molar-refractivity contribution in [1.29, 1.82) is 0 Å². The van der Waals surface area contributed by atoms with Gasteiger partial charge in [0.25, 0.3) is 0 Å². The molecule has 1 aliphatic heterocycles. The van der Waals surface area contributed by atoms with E-state index in [-0.39, 0.29) is 11.6 Å². The van der Waals surface area contributed by atoms with E-state index in [1.54, 1.807) is 0 Å². The van der Waals surface area contributed by atoms with Crippen LogP contribution >= 0.6 is 0 Å². The van der Waals surface area contributed by atoms with E-state index >= 15 is 0 Å². The maximum atomic E-state index is 12.2.